The summed E-state index contributed by atoms with van der Waals surface area (Å²) in [5.74, 6) is 0. The third-order valence-corrected chi connectivity index (χ3v) is 4.10. The van der Waals surface area contributed by atoms with Gasteiger partial charge in [-0.2, -0.15) is 0 Å². The van der Waals surface area contributed by atoms with Crippen LogP contribution in [0.3, 0.4) is 0 Å². The molecule has 0 spiro atoms. The average Bonchev–Trinajstić information content (AvgIpc) is 2.62. The van der Waals surface area contributed by atoms with Gasteiger partial charge in [-0.3, -0.25) is 4.90 Å². The highest BCUT2D eigenvalue weighted by molar-refractivity contribution is 5.91. The molecule has 1 aliphatic rings. The molecule has 0 unspecified atom stereocenters. The lowest BCUT2D eigenvalue weighted by molar-refractivity contribution is 0.202. The third kappa shape index (κ3) is 3.06. The van der Waals surface area contributed by atoms with E-state index >= 15 is 0 Å². The molecule has 4 heteroatoms. The van der Waals surface area contributed by atoms with Crippen molar-refractivity contribution in [1.82, 2.24) is 4.90 Å². The number of piperazine rings is 1. The predicted molar refractivity (Wildman–Crippen MR) is 90.5 cm³/mol. The number of para-hydroxylation sites is 2. The highest BCUT2D eigenvalue weighted by Crippen LogP contribution is 2.18. The second kappa shape index (κ2) is 6.52. The van der Waals surface area contributed by atoms with Crippen molar-refractivity contribution >= 4 is 17.4 Å². The van der Waals surface area contributed by atoms with E-state index in [0.29, 0.717) is 0 Å². The summed E-state index contributed by atoms with van der Waals surface area (Å²) in [7, 11) is 1.83. The summed E-state index contributed by atoms with van der Waals surface area (Å²) >= 11 is 0. The van der Waals surface area contributed by atoms with Crippen LogP contribution in [0.5, 0.6) is 0 Å². The van der Waals surface area contributed by atoms with Gasteiger partial charge in [-0.1, -0.05) is 36.4 Å². The summed E-state index contributed by atoms with van der Waals surface area (Å²) < 4.78 is 0. The topological polar surface area (TPSA) is 26.8 Å². The summed E-state index contributed by atoms with van der Waals surface area (Å²) in [6, 6.07) is 20.2. The third-order valence-electron chi connectivity index (χ3n) is 4.10. The van der Waals surface area contributed by atoms with E-state index in [0.717, 1.165) is 31.9 Å². The molecule has 22 heavy (non-hydrogen) atoms. The summed E-state index contributed by atoms with van der Waals surface area (Å²) in [5.41, 5.74) is 2.16. The molecule has 1 heterocycles. The molecule has 4 nitrogen and oxygen atoms in total. The molecule has 0 radical (unpaired) electrons. The Morgan fingerprint density at radius 3 is 2.00 bits per heavy atom. The first-order chi connectivity index (χ1) is 10.8. The molecule has 114 valence electrons. The molecule has 1 saturated heterocycles. The zero-order valence-corrected chi connectivity index (χ0v) is 12.9. The standard InChI is InChI=1S/C18H21N3O/c1-19(16-8-4-2-5-9-16)18(22)21-14-12-20(13-15-21)17-10-6-3-7-11-17/h2-11H,12-15H2,1H3. The Labute approximate surface area is 131 Å². The molecule has 3 rings (SSSR count). The first kappa shape index (κ1) is 14.4. The maximum Gasteiger partial charge on any atom is 0.324 e. The van der Waals surface area contributed by atoms with Crippen molar-refractivity contribution in [2.24, 2.45) is 0 Å². The number of hydrogen-bond acceptors (Lipinski definition) is 2. The highest BCUT2D eigenvalue weighted by atomic mass is 16.2. The normalized spacial score (nSPS) is 14.8. The van der Waals surface area contributed by atoms with E-state index in [1.54, 1.807) is 4.90 Å². The minimum absolute atomic E-state index is 0.0684. The maximum atomic E-state index is 12.6. The Balaban J connectivity index is 1.60. The average molecular weight is 295 g/mol. The number of anilines is 2. The van der Waals surface area contributed by atoms with Crippen LogP contribution in [0.4, 0.5) is 16.2 Å². The Kier molecular flexibility index (Phi) is 4.28. The Hall–Kier alpha value is -2.49. The second-order valence-electron chi connectivity index (χ2n) is 5.49. The minimum Gasteiger partial charge on any atom is -0.368 e. The summed E-state index contributed by atoms with van der Waals surface area (Å²) in [5, 5.41) is 0. The monoisotopic (exact) mass is 295 g/mol. The molecular formula is C18H21N3O. The van der Waals surface area contributed by atoms with Crippen molar-refractivity contribution in [3.8, 4) is 0 Å². The van der Waals surface area contributed by atoms with Gasteiger partial charge in [0.2, 0.25) is 0 Å². The first-order valence-electron chi connectivity index (χ1n) is 7.63. The molecule has 1 fully saturated rings. The molecule has 2 aromatic rings. The molecule has 0 saturated carbocycles. The fourth-order valence-corrected chi connectivity index (χ4v) is 2.77. The fourth-order valence-electron chi connectivity index (χ4n) is 2.77. The Morgan fingerprint density at radius 1 is 0.864 bits per heavy atom. The van der Waals surface area contributed by atoms with E-state index < -0.39 is 0 Å². The number of urea groups is 1. The quantitative estimate of drug-likeness (QED) is 0.851. The Bertz CT molecular complexity index is 607. The van der Waals surface area contributed by atoms with Crippen LogP contribution in [0.25, 0.3) is 0 Å². The van der Waals surface area contributed by atoms with E-state index in [2.05, 4.69) is 29.2 Å². The van der Waals surface area contributed by atoms with Crippen LogP contribution >= 0.6 is 0 Å². The maximum absolute atomic E-state index is 12.6. The van der Waals surface area contributed by atoms with Gasteiger partial charge in [0.05, 0.1) is 0 Å². The number of benzene rings is 2. The van der Waals surface area contributed by atoms with Crippen LogP contribution < -0.4 is 9.80 Å². The zero-order chi connectivity index (χ0) is 15.4. The van der Waals surface area contributed by atoms with Gasteiger partial charge in [-0.25, -0.2) is 4.79 Å². The van der Waals surface area contributed by atoms with Crippen molar-refractivity contribution in [2.45, 2.75) is 0 Å². The summed E-state index contributed by atoms with van der Waals surface area (Å²) in [4.78, 5) is 18.5. The van der Waals surface area contributed by atoms with E-state index in [-0.39, 0.29) is 6.03 Å². The molecule has 0 atom stereocenters. The minimum atomic E-state index is 0.0684. The molecular weight excluding hydrogens is 274 g/mol. The molecule has 0 N–H and O–H groups in total. The SMILES string of the molecule is CN(C(=O)N1CCN(c2ccccc2)CC1)c1ccccc1. The van der Waals surface area contributed by atoms with Gasteiger partial charge >= 0.3 is 6.03 Å². The summed E-state index contributed by atoms with van der Waals surface area (Å²) in [6.07, 6.45) is 0. The van der Waals surface area contributed by atoms with Gasteiger partial charge in [-0.15, -0.1) is 0 Å². The number of rotatable bonds is 2. The van der Waals surface area contributed by atoms with Gasteiger partial charge in [0, 0.05) is 44.6 Å². The molecule has 0 bridgehead atoms. The van der Waals surface area contributed by atoms with Crippen molar-refractivity contribution in [3.05, 3.63) is 60.7 Å². The number of hydrogen-bond donors (Lipinski definition) is 0. The van der Waals surface area contributed by atoms with Gasteiger partial charge in [0.1, 0.15) is 0 Å². The number of carbonyl (C=O) groups is 1. The zero-order valence-electron chi connectivity index (χ0n) is 12.9. The van der Waals surface area contributed by atoms with E-state index in [4.69, 9.17) is 0 Å². The Morgan fingerprint density at radius 2 is 1.41 bits per heavy atom. The molecule has 2 amide bonds. The smallest absolute Gasteiger partial charge is 0.324 e. The van der Waals surface area contributed by atoms with Crippen LogP contribution in [0.15, 0.2) is 60.7 Å². The van der Waals surface area contributed by atoms with E-state index in [9.17, 15) is 4.79 Å². The predicted octanol–water partition coefficient (Wildman–Crippen LogP) is 3.07. The van der Waals surface area contributed by atoms with Gasteiger partial charge in [0.15, 0.2) is 0 Å². The van der Waals surface area contributed by atoms with Crippen LogP contribution in [0.1, 0.15) is 0 Å². The lowest BCUT2D eigenvalue weighted by atomic mass is 10.2. The molecule has 0 aliphatic carbocycles. The highest BCUT2D eigenvalue weighted by Gasteiger charge is 2.24. The van der Waals surface area contributed by atoms with E-state index in [1.165, 1.54) is 5.69 Å². The number of carbonyl (C=O) groups excluding carboxylic acids is 1. The van der Waals surface area contributed by atoms with Crippen LogP contribution in [0.2, 0.25) is 0 Å². The van der Waals surface area contributed by atoms with Crippen molar-refractivity contribution in [2.75, 3.05) is 43.0 Å². The number of nitrogens with zero attached hydrogens (tertiary/aromatic N) is 3. The van der Waals surface area contributed by atoms with Crippen molar-refractivity contribution in [3.63, 3.8) is 0 Å². The van der Waals surface area contributed by atoms with Crippen LogP contribution in [-0.4, -0.2) is 44.2 Å². The molecule has 2 aromatic carbocycles. The van der Waals surface area contributed by atoms with Crippen LogP contribution in [0, 0.1) is 0 Å². The van der Waals surface area contributed by atoms with Gasteiger partial charge in [-0.05, 0) is 24.3 Å². The van der Waals surface area contributed by atoms with Gasteiger partial charge < -0.3 is 9.80 Å². The molecule has 0 aromatic heterocycles. The fraction of sp³-hybridized carbons (Fsp3) is 0.278. The van der Waals surface area contributed by atoms with Crippen molar-refractivity contribution in [1.29, 1.82) is 0 Å². The lowest BCUT2D eigenvalue weighted by Crippen LogP contribution is -2.52. The largest absolute Gasteiger partial charge is 0.368 e. The molecule has 1 aliphatic heterocycles. The number of amides is 2. The van der Waals surface area contributed by atoms with Crippen molar-refractivity contribution < 1.29 is 4.79 Å². The van der Waals surface area contributed by atoms with Crippen LogP contribution in [-0.2, 0) is 0 Å². The summed E-state index contributed by atoms with van der Waals surface area (Å²) in [6.45, 7) is 3.26. The second-order valence-corrected chi connectivity index (χ2v) is 5.49. The van der Waals surface area contributed by atoms with Gasteiger partial charge in [0.25, 0.3) is 0 Å². The van der Waals surface area contributed by atoms with E-state index in [1.807, 2.05) is 48.3 Å². The first-order valence-corrected chi connectivity index (χ1v) is 7.63. The lowest BCUT2D eigenvalue weighted by Gasteiger charge is -2.37.